The van der Waals surface area contributed by atoms with Crippen molar-refractivity contribution in [1.29, 1.82) is 0 Å². The van der Waals surface area contributed by atoms with Crippen LogP contribution in [0.25, 0.3) is 10.9 Å². The van der Waals surface area contributed by atoms with E-state index in [1.807, 2.05) is 18.2 Å². The summed E-state index contributed by atoms with van der Waals surface area (Å²) >= 11 is 4.90. The SMILES string of the molecule is CCCc1ccc2[nH]c(=S)[nH]c(=O)c2c1. The van der Waals surface area contributed by atoms with Crippen LogP contribution in [0.1, 0.15) is 18.9 Å². The highest BCUT2D eigenvalue weighted by molar-refractivity contribution is 7.71. The normalized spacial score (nSPS) is 10.7. The van der Waals surface area contributed by atoms with Crippen molar-refractivity contribution in [1.82, 2.24) is 9.97 Å². The second-order valence-corrected chi connectivity index (χ2v) is 3.95. The van der Waals surface area contributed by atoms with Crippen molar-refractivity contribution in [2.24, 2.45) is 0 Å². The molecule has 0 saturated carbocycles. The molecule has 0 radical (unpaired) electrons. The molecule has 0 fully saturated rings. The van der Waals surface area contributed by atoms with E-state index in [4.69, 9.17) is 12.2 Å². The molecule has 1 aromatic heterocycles. The van der Waals surface area contributed by atoms with Gasteiger partial charge in [0.1, 0.15) is 0 Å². The second-order valence-electron chi connectivity index (χ2n) is 3.54. The van der Waals surface area contributed by atoms with Gasteiger partial charge >= 0.3 is 0 Å². The Morgan fingerprint density at radius 2 is 2.13 bits per heavy atom. The molecule has 0 aliphatic carbocycles. The number of rotatable bonds is 2. The van der Waals surface area contributed by atoms with E-state index in [9.17, 15) is 4.79 Å². The van der Waals surface area contributed by atoms with Crippen LogP contribution in [0, 0.1) is 4.77 Å². The Morgan fingerprint density at radius 1 is 1.33 bits per heavy atom. The molecular formula is C11H12N2OS. The maximum atomic E-state index is 11.6. The molecule has 1 aromatic carbocycles. The van der Waals surface area contributed by atoms with Crippen molar-refractivity contribution >= 4 is 23.1 Å². The maximum absolute atomic E-state index is 11.6. The fourth-order valence-electron chi connectivity index (χ4n) is 1.66. The van der Waals surface area contributed by atoms with Gasteiger partial charge in [0.15, 0.2) is 4.77 Å². The van der Waals surface area contributed by atoms with Gasteiger partial charge < -0.3 is 4.98 Å². The maximum Gasteiger partial charge on any atom is 0.259 e. The summed E-state index contributed by atoms with van der Waals surface area (Å²) in [5.41, 5.74) is 1.86. The van der Waals surface area contributed by atoms with E-state index in [-0.39, 0.29) is 5.56 Å². The Hall–Kier alpha value is -1.42. The standard InChI is InChI=1S/C11H12N2OS/c1-2-3-7-4-5-9-8(6-7)10(14)13-11(15)12-9/h4-6H,2-3H2,1H3,(H2,12,13,14,15). The topological polar surface area (TPSA) is 48.6 Å². The Kier molecular flexibility index (Phi) is 2.68. The van der Waals surface area contributed by atoms with Gasteiger partial charge in [-0.1, -0.05) is 19.4 Å². The van der Waals surface area contributed by atoms with Gasteiger partial charge in [0.05, 0.1) is 10.9 Å². The Balaban J connectivity index is 2.71. The first-order valence-corrected chi connectivity index (χ1v) is 5.37. The first-order chi connectivity index (χ1) is 7.20. The van der Waals surface area contributed by atoms with Crippen molar-refractivity contribution in [3.8, 4) is 0 Å². The van der Waals surface area contributed by atoms with Crippen LogP contribution in [0.5, 0.6) is 0 Å². The average molecular weight is 220 g/mol. The first kappa shape index (κ1) is 10.1. The summed E-state index contributed by atoms with van der Waals surface area (Å²) in [6.07, 6.45) is 2.07. The molecule has 15 heavy (non-hydrogen) atoms. The third kappa shape index (κ3) is 1.99. The molecular weight excluding hydrogens is 208 g/mol. The van der Waals surface area contributed by atoms with Gasteiger partial charge in [0.25, 0.3) is 5.56 Å². The Labute approximate surface area is 92.2 Å². The van der Waals surface area contributed by atoms with Gasteiger partial charge in [-0.05, 0) is 36.3 Å². The number of aryl methyl sites for hydroxylation is 1. The number of aromatic amines is 2. The van der Waals surface area contributed by atoms with Crippen molar-refractivity contribution in [2.45, 2.75) is 19.8 Å². The van der Waals surface area contributed by atoms with Crippen molar-refractivity contribution in [3.05, 3.63) is 38.9 Å². The van der Waals surface area contributed by atoms with Gasteiger partial charge in [-0.25, -0.2) is 0 Å². The third-order valence-corrected chi connectivity index (χ3v) is 2.55. The number of aromatic nitrogens is 2. The van der Waals surface area contributed by atoms with E-state index < -0.39 is 0 Å². The van der Waals surface area contributed by atoms with E-state index in [1.165, 1.54) is 5.56 Å². The van der Waals surface area contributed by atoms with Crippen LogP contribution in [0.15, 0.2) is 23.0 Å². The van der Waals surface area contributed by atoms with Gasteiger partial charge in [-0.15, -0.1) is 0 Å². The minimum absolute atomic E-state index is 0.119. The summed E-state index contributed by atoms with van der Waals surface area (Å²) in [5.74, 6) is 0. The number of fused-ring (bicyclic) bond motifs is 1. The second kappa shape index (κ2) is 3.98. The predicted molar refractivity (Wildman–Crippen MR) is 63.7 cm³/mol. The molecule has 4 heteroatoms. The Morgan fingerprint density at radius 3 is 2.87 bits per heavy atom. The molecule has 0 spiro atoms. The van der Waals surface area contributed by atoms with E-state index in [2.05, 4.69) is 16.9 Å². The number of H-pyrrole nitrogens is 2. The van der Waals surface area contributed by atoms with E-state index in [0.29, 0.717) is 10.2 Å². The van der Waals surface area contributed by atoms with Crippen LogP contribution >= 0.6 is 12.2 Å². The molecule has 0 saturated heterocycles. The molecule has 0 bridgehead atoms. The van der Waals surface area contributed by atoms with Gasteiger partial charge in [0.2, 0.25) is 0 Å². The molecule has 0 atom stereocenters. The zero-order valence-corrected chi connectivity index (χ0v) is 9.28. The fourth-order valence-corrected chi connectivity index (χ4v) is 1.86. The molecule has 0 aliphatic heterocycles. The molecule has 0 amide bonds. The third-order valence-electron chi connectivity index (χ3n) is 2.34. The van der Waals surface area contributed by atoms with E-state index >= 15 is 0 Å². The Bertz CT molecular complexity index is 597. The van der Waals surface area contributed by atoms with Crippen LogP contribution in [-0.2, 0) is 6.42 Å². The summed E-state index contributed by atoms with van der Waals surface area (Å²) < 4.78 is 0.371. The van der Waals surface area contributed by atoms with Crippen LogP contribution in [0.4, 0.5) is 0 Å². The molecule has 2 aromatic rings. The highest BCUT2D eigenvalue weighted by Gasteiger charge is 2.00. The highest BCUT2D eigenvalue weighted by Crippen LogP contribution is 2.11. The van der Waals surface area contributed by atoms with Crippen LogP contribution < -0.4 is 5.56 Å². The number of hydrogen-bond donors (Lipinski definition) is 2. The summed E-state index contributed by atoms with van der Waals surface area (Å²) in [5, 5.41) is 0.676. The first-order valence-electron chi connectivity index (χ1n) is 4.96. The fraction of sp³-hybridized carbons (Fsp3) is 0.273. The summed E-state index contributed by atoms with van der Waals surface area (Å²) in [6.45, 7) is 2.12. The van der Waals surface area contributed by atoms with Crippen molar-refractivity contribution in [2.75, 3.05) is 0 Å². The van der Waals surface area contributed by atoms with Crippen LogP contribution in [0.3, 0.4) is 0 Å². The zero-order chi connectivity index (χ0) is 10.8. The quantitative estimate of drug-likeness (QED) is 0.764. The number of nitrogens with one attached hydrogen (secondary N) is 2. The minimum Gasteiger partial charge on any atom is -0.332 e. The lowest BCUT2D eigenvalue weighted by Gasteiger charge is -2.01. The lowest BCUT2D eigenvalue weighted by molar-refractivity contribution is 0.923. The minimum atomic E-state index is -0.119. The van der Waals surface area contributed by atoms with Gasteiger partial charge in [-0.3, -0.25) is 9.78 Å². The molecule has 2 rings (SSSR count). The lowest BCUT2D eigenvalue weighted by atomic mass is 10.1. The molecule has 0 unspecified atom stereocenters. The van der Waals surface area contributed by atoms with Crippen molar-refractivity contribution in [3.63, 3.8) is 0 Å². The smallest absolute Gasteiger partial charge is 0.259 e. The average Bonchev–Trinajstić information content (AvgIpc) is 2.19. The summed E-state index contributed by atoms with van der Waals surface area (Å²) in [7, 11) is 0. The molecule has 0 aliphatic rings. The largest absolute Gasteiger partial charge is 0.332 e. The molecule has 3 nitrogen and oxygen atoms in total. The number of benzene rings is 1. The summed E-state index contributed by atoms with van der Waals surface area (Å²) in [4.78, 5) is 17.2. The van der Waals surface area contributed by atoms with Gasteiger partial charge in [-0.2, -0.15) is 0 Å². The molecule has 78 valence electrons. The van der Waals surface area contributed by atoms with Crippen molar-refractivity contribution < 1.29 is 0 Å². The zero-order valence-electron chi connectivity index (χ0n) is 8.46. The lowest BCUT2D eigenvalue weighted by Crippen LogP contribution is -2.08. The van der Waals surface area contributed by atoms with Crippen LogP contribution in [-0.4, -0.2) is 9.97 Å². The summed E-state index contributed by atoms with van der Waals surface area (Å²) in [6, 6.07) is 5.85. The highest BCUT2D eigenvalue weighted by atomic mass is 32.1. The number of hydrogen-bond acceptors (Lipinski definition) is 2. The monoisotopic (exact) mass is 220 g/mol. The van der Waals surface area contributed by atoms with Crippen LogP contribution in [0.2, 0.25) is 0 Å². The molecule has 2 N–H and O–H groups in total. The van der Waals surface area contributed by atoms with Gasteiger partial charge in [0, 0.05) is 0 Å². The van der Waals surface area contributed by atoms with E-state index in [0.717, 1.165) is 18.4 Å². The molecule has 1 heterocycles. The van der Waals surface area contributed by atoms with E-state index in [1.54, 1.807) is 0 Å². The predicted octanol–water partition coefficient (Wildman–Crippen LogP) is 2.54.